The summed E-state index contributed by atoms with van der Waals surface area (Å²) in [6.45, 7) is 4.24. The molecule has 0 spiro atoms. The van der Waals surface area contributed by atoms with E-state index in [2.05, 4.69) is 22.2 Å². The predicted octanol–water partition coefficient (Wildman–Crippen LogP) is 2.91. The number of carbonyl (C=O) groups is 1. The molecule has 2 fully saturated rings. The Bertz CT molecular complexity index is 752. The fourth-order valence-electron chi connectivity index (χ4n) is 3.43. The number of benzene rings is 1. The molecule has 26 heavy (non-hydrogen) atoms. The third kappa shape index (κ3) is 3.90. The molecular formula is C20H25N3O3. The Morgan fingerprint density at radius 3 is 2.73 bits per heavy atom. The maximum absolute atomic E-state index is 12.7. The van der Waals surface area contributed by atoms with E-state index in [1.54, 1.807) is 7.11 Å². The highest BCUT2D eigenvalue weighted by Crippen LogP contribution is 2.40. The standard InChI is InChI=1S/C20H25N3O3/c1-25-17-7-3-15(4-8-17)14-22-9-2-10-23(12-11-22)20(24)18-13-19(26-21-18)16-5-6-16/h3-4,7-8,13,16H,2,5-6,9-12,14H2,1H3. The first-order chi connectivity index (χ1) is 12.7. The zero-order valence-electron chi connectivity index (χ0n) is 15.2. The first-order valence-corrected chi connectivity index (χ1v) is 9.34. The molecule has 138 valence electrons. The second-order valence-electron chi connectivity index (χ2n) is 7.16. The quantitative estimate of drug-likeness (QED) is 0.825. The Labute approximate surface area is 153 Å². The SMILES string of the molecule is COc1ccc(CN2CCCN(C(=O)c3cc(C4CC4)on3)CC2)cc1. The maximum Gasteiger partial charge on any atom is 0.276 e. The molecule has 1 saturated carbocycles. The van der Waals surface area contributed by atoms with Crippen molar-refractivity contribution in [3.63, 3.8) is 0 Å². The van der Waals surface area contributed by atoms with Gasteiger partial charge in [0.05, 0.1) is 7.11 Å². The van der Waals surface area contributed by atoms with E-state index in [1.807, 2.05) is 23.1 Å². The predicted molar refractivity (Wildman–Crippen MR) is 97.3 cm³/mol. The molecule has 0 bridgehead atoms. The van der Waals surface area contributed by atoms with Crippen molar-refractivity contribution in [2.24, 2.45) is 0 Å². The summed E-state index contributed by atoms with van der Waals surface area (Å²) in [5, 5.41) is 3.99. The molecule has 1 saturated heterocycles. The average Bonchev–Trinajstić information content (AvgIpc) is 3.45. The van der Waals surface area contributed by atoms with E-state index in [4.69, 9.17) is 9.26 Å². The van der Waals surface area contributed by atoms with Crippen LogP contribution in [0.2, 0.25) is 0 Å². The van der Waals surface area contributed by atoms with Gasteiger partial charge in [-0.2, -0.15) is 0 Å². The molecule has 2 aromatic rings. The zero-order valence-corrected chi connectivity index (χ0v) is 15.2. The highest BCUT2D eigenvalue weighted by atomic mass is 16.5. The number of methoxy groups -OCH3 is 1. The van der Waals surface area contributed by atoms with Gasteiger partial charge in [0.25, 0.3) is 5.91 Å². The van der Waals surface area contributed by atoms with Gasteiger partial charge in [0.2, 0.25) is 0 Å². The van der Waals surface area contributed by atoms with Gasteiger partial charge >= 0.3 is 0 Å². The molecule has 1 aliphatic heterocycles. The third-order valence-corrected chi connectivity index (χ3v) is 5.17. The van der Waals surface area contributed by atoms with Crippen LogP contribution in [0.15, 0.2) is 34.9 Å². The lowest BCUT2D eigenvalue weighted by Crippen LogP contribution is -2.35. The highest BCUT2D eigenvalue weighted by Gasteiger charge is 2.30. The zero-order chi connectivity index (χ0) is 17.9. The van der Waals surface area contributed by atoms with Crippen LogP contribution in [-0.4, -0.2) is 54.2 Å². The van der Waals surface area contributed by atoms with Crippen molar-refractivity contribution in [2.75, 3.05) is 33.3 Å². The summed E-state index contributed by atoms with van der Waals surface area (Å²) in [5.74, 6) is 2.21. The monoisotopic (exact) mass is 355 g/mol. The largest absolute Gasteiger partial charge is 0.497 e. The average molecular weight is 355 g/mol. The molecule has 0 unspecified atom stereocenters. The van der Waals surface area contributed by atoms with E-state index in [0.717, 1.165) is 63.5 Å². The van der Waals surface area contributed by atoms with Crippen molar-refractivity contribution in [3.05, 3.63) is 47.3 Å². The van der Waals surface area contributed by atoms with Crippen LogP contribution in [-0.2, 0) is 6.54 Å². The fraction of sp³-hybridized carbons (Fsp3) is 0.500. The Balaban J connectivity index is 1.33. The van der Waals surface area contributed by atoms with Crippen molar-refractivity contribution < 1.29 is 14.1 Å². The molecule has 1 aromatic carbocycles. The molecule has 1 aromatic heterocycles. The molecule has 2 heterocycles. The fourth-order valence-corrected chi connectivity index (χ4v) is 3.43. The molecule has 4 rings (SSSR count). The van der Waals surface area contributed by atoms with Gasteiger partial charge in [-0.15, -0.1) is 0 Å². The number of aromatic nitrogens is 1. The van der Waals surface area contributed by atoms with Gasteiger partial charge in [-0.1, -0.05) is 17.3 Å². The lowest BCUT2D eigenvalue weighted by molar-refractivity contribution is 0.0750. The number of hydrogen-bond donors (Lipinski definition) is 0. The number of nitrogens with zero attached hydrogens (tertiary/aromatic N) is 3. The van der Waals surface area contributed by atoms with Gasteiger partial charge in [0.1, 0.15) is 11.5 Å². The van der Waals surface area contributed by atoms with E-state index in [0.29, 0.717) is 11.6 Å². The van der Waals surface area contributed by atoms with E-state index < -0.39 is 0 Å². The number of rotatable bonds is 5. The summed E-state index contributed by atoms with van der Waals surface area (Å²) in [5.41, 5.74) is 1.71. The van der Waals surface area contributed by atoms with Crippen LogP contribution in [0.25, 0.3) is 0 Å². The Morgan fingerprint density at radius 1 is 1.19 bits per heavy atom. The minimum atomic E-state index is -0.00746. The maximum atomic E-state index is 12.7. The minimum Gasteiger partial charge on any atom is -0.497 e. The van der Waals surface area contributed by atoms with Gasteiger partial charge in [0, 0.05) is 44.7 Å². The first-order valence-electron chi connectivity index (χ1n) is 9.34. The smallest absolute Gasteiger partial charge is 0.276 e. The number of hydrogen-bond acceptors (Lipinski definition) is 5. The lowest BCUT2D eigenvalue weighted by Gasteiger charge is -2.21. The van der Waals surface area contributed by atoms with Crippen LogP contribution in [0.4, 0.5) is 0 Å². The van der Waals surface area contributed by atoms with Crippen LogP contribution in [0.5, 0.6) is 5.75 Å². The summed E-state index contributed by atoms with van der Waals surface area (Å²) in [4.78, 5) is 17.0. The molecule has 6 nitrogen and oxygen atoms in total. The molecule has 2 aliphatic rings. The Kier molecular flexibility index (Phi) is 4.93. The third-order valence-electron chi connectivity index (χ3n) is 5.17. The van der Waals surface area contributed by atoms with E-state index in [-0.39, 0.29) is 5.91 Å². The van der Waals surface area contributed by atoms with Gasteiger partial charge < -0.3 is 14.2 Å². The molecule has 0 atom stereocenters. The summed E-state index contributed by atoms with van der Waals surface area (Å²) in [7, 11) is 1.68. The van der Waals surface area contributed by atoms with Gasteiger partial charge in [-0.25, -0.2) is 0 Å². The van der Waals surface area contributed by atoms with E-state index in [1.165, 1.54) is 5.56 Å². The normalized spacial score (nSPS) is 18.6. The number of carbonyl (C=O) groups excluding carboxylic acids is 1. The van der Waals surface area contributed by atoms with Gasteiger partial charge in [-0.3, -0.25) is 9.69 Å². The Hall–Kier alpha value is -2.34. The van der Waals surface area contributed by atoms with Crippen molar-refractivity contribution in [1.29, 1.82) is 0 Å². The molecule has 1 amide bonds. The molecular weight excluding hydrogens is 330 g/mol. The van der Waals surface area contributed by atoms with Crippen molar-refractivity contribution in [2.45, 2.75) is 31.7 Å². The summed E-state index contributed by atoms with van der Waals surface area (Å²) >= 11 is 0. The van der Waals surface area contributed by atoms with E-state index >= 15 is 0 Å². The van der Waals surface area contributed by atoms with Crippen LogP contribution in [0.3, 0.4) is 0 Å². The number of ether oxygens (including phenoxy) is 1. The van der Waals surface area contributed by atoms with Crippen molar-refractivity contribution in [1.82, 2.24) is 15.0 Å². The molecule has 1 aliphatic carbocycles. The van der Waals surface area contributed by atoms with Crippen molar-refractivity contribution >= 4 is 5.91 Å². The molecule has 6 heteroatoms. The summed E-state index contributed by atoms with van der Waals surface area (Å²) in [6.07, 6.45) is 3.26. The summed E-state index contributed by atoms with van der Waals surface area (Å²) in [6, 6.07) is 10.0. The van der Waals surface area contributed by atoms with E-state index in [9.17, 15) is 4.79 Å². The van der Waals surface area contributed by atoms with Gasteiger partial charge in [0.15, 0.2) is 5.69 Å². The number of amides is 1. The van der Waals surface area contributed by atoms with Crippen LogP contribution in [0.1, 0.15) is 47.0 Å². The molecule has 0 radical (unpaired) electrons. The lowest BCUT2D eigenvalue weighted by atomic mass is 10.2. The van der Waals surface area contributed by atoms with Crippen LogP contribution >= 0.6 is 0 Å². The minimum absolute atomic E-state index is 0.00746. The topological polar surface area (TPSA) is 58.8 Å². The first kappa shape index (κ1) is 17.1. The second kappa shape index (κ2) is 7.50. The second-order valence-corrected chi connectivity index (χ2v) is 7.16. The van der Waals surface area contributed by atoms with Crippen LogP contribution in [0, 0.1) is 0 Å². The summed E-state index contributed by atoms with van der Waals surface area (Å²) < 4.78 is 10.5. The molecule has 0 N–H and O–H groups in total. The van der Waals surface area contributed by atoms with Gasteiger partial charge in [-0.05, 0) is 37.0 Å². The van der Waals surface area contributed by atoms with Crippen LogP contribution < -0.4 is 4.74 Å². The Morgan fingerprint density at radius 2 is 2.00 bits per heavy atom. The highest BCUT2D eigenvalue weighted by molar-refractivity contribution is 5.92. The van der Waals surface area contributed by atoms with Crippen molar-refractivity contribution in [3.8, 4) is 5.75 Å².